The second-order valence-electron chi connectivity index (χ2n) is 13.0. The number of ether oxygens (including phenoxy) is 1. The summed E-state index contributed by atoms with van der Waals surface area (Å²) in [6.07, 6.45) is 8.82. The minimum absolute atomic E-state index is 0.0524. The predicted octanol–water partition coefficient (Wildman–Crippen LogP) is 7.69. The quantitative estimate of drug-likeness (QED) is 0.124. The van der Waals surface area contributed by atoms with E-state index in [1.807, 2.05) is 6.92 Å². The van der Waals surface area contributed by atoms with Crippen LogP contribution in [-0.4, -0.2) is 66.4 Å². The van der Waals surface area contributed by atoms with Crippen LogP contribution in [0.2, 0.25) is 28.2 Å². The van der Waals surface area contributed by atoms with Crippen molar-refractivity contribution in [2.24, 2.45) is 16.6 Å². The van der Waals surface area contributed by atoms with Crippen LogP contribution in [0.5, 0.6) is 0 Å². The van der Waals surface area contributed by atoms with Gasteiger partial charge in [0, 0.05) is 42.3 Å². The van der Waals surface area contributed by atoms with E-state index in [0.29, 0.717) is 33.4 Å². The van der Waals surface area contributed by atoms with Gasteiger partial charge in [0.2, 0.25) is 0 Å². The molecule has 0 spiro atoms. The van der Waals surface area contributed by atoms with E-state index in [-0.39, 0.29) is 41.9 Å². The highest BCUT2D eigenvalue weighted by Crippen LogP contribution is 2.38. The summed E-state index contributed by atoms with van der Waals surface area (Å²) in [4.78, 5) is 37.2. The van der Waals surface area contributed by atoms with Crippen LogP contribution in [0.25, 0.3) is 0 Å². The maximum Gasteiger partial charge on any atom is 0.257 e. The number of amides is 1. The molecule has 1 amide bonds. The fourth-order valence-electron chi connectivity index (χ4n) is 6.58. The van der Waals surface area contributed by atoms with E-state index in [4.69, 9.17) is 43.1 Å². The maximum absolute atomic E-state index is 14.4. The molecule has 0 bridgehead atoms. The number of halogens is 2. The highest BCUT2D eigenvalue weighted by molar-refractivity contribution is 6.73. The Kier molecular flexibility index (Phi) is 13.5. The standard InChI is InChI=1S/C33H52Cl2N4O4Si/c1-8-44(9-2,10-3)43-30(31-28(34)18-37-19-29(31)35)21-39(20-26-15-16-33(6,7)42-26)32(41)27(17-36)22(4)38-25-13-11-24(12-14-25)23(5)40/h17-19,24-26,30H,8-16,20-21,36H2,1-7H3/t24?,25?,26-,30?/m0/s1. The van der Waals surface area contributed by atoms with E-state index in [1.165, 1.54) is 6.20 Å². The Balaban J connectivity index is 1.98. The van der Waals surface area contributed by atoms with Gasteiger partial charge in [-0.15, -0.1) is 0 Å². The molecule has 2 atom stereocenters. The first-order valence-electron chi connectivity index (χ1n) is 16.2. The first kappa shape index (κ1) is 36.7. The molecule has 2 heterocycles. The van der Waals surface area contributed by atoms with Crippen molar-refractivity contribution in [1.29, 1.82) is 0 Å². The zero-order valence-electron chi connectivity index (χ0n) is 27.6. The average molecular weight is 668 g/mol. The van der Waals surface area contributed by atoms with Gasteiger partial charge in [0.05, 0.1) is 46.0 Å². The number of hydrogen-bond acceptors (Lipinski definition) is 7. The topological polar surface area (TPSA) is 107 Å². The number of ketones is 1. The van der Waals surface area contributed by atoms with Crippen molar-refractivity contribution in [3.8, 4) is 0 Å². The van der Waals surface area contributed by atoms with Crippen LogP contribution in [0.3, 0.4) is 0 Å². The number of aliphatic imine (C=N–C) groups is 1. The first-order chi connectivity index (χ1) is 20.8. The molecule has 1 aromatic heterocycles. The lowest BCUT2D eigenvalue weighted by molar-refractivity contribution is -0.130. The summed E-state index contributed by atoms with van der Waals surface area (Å²) < 4.78 is 13.4. The second kappa shape index (κ2) is 16.2. The van der Waals surface area contributed by atoms with Crippen LogP contribution in [-0.2, 0) is 18.8 Å². The normalized spacial score (nSPS) is 23.4. The Bertz CT molecular complexity index is 1180. The molecule has 3 rings (SSSR count). The highest BCUT2D eigenvalue weighted by atomic mass is 35.5. The van der Waals surface area contributed by atoms with Gasteiger partial charge in [-0.25, -0.2) is 0 Å². The molecule has 0 radical (unpaired) electrons. The molecule has 11 heteroatoms. The second-order valence-corrected chi connectivity index (χ2v) is 18.6. The molecule has 44 heavy (non-hydrogen) atoms. The number of hydrogen-bond donors (Lipinski definition) is 1. The molecular formula is C33H52Cl2N4O4Si. The van der Waals surface area contributed by atoms with Crippen molar-refractivity contribution in [3.63, 3.8) is 0 Å². The third-order valence-corrected chi connectivity index (χ3v) is 14.9. The van der Waals surface area contributed by atoms with Gasteiger partial charge in [0.25, 0.3) is 5.91 Å². The third-order valence-electron chi connectivity index (χ3n) is 9.62. The lowest BCUT2D eigenvalue weighted by atomic mass is 9.84. The summed E-state index contributed by atoms with van der Waals surface area (Å²) in [5.74, 6) is 0.112. The molecule has 1 unspecified atom stereocenters. The van der Waals surface area contributed by atoms with Gasteiger partial charge in [-0.1, -0.05) is 44.0 Å². The Hall–Kier alpha value is -1.78. The van der Waals surface area contributed by atoms with Gasteiger partial charge >= 0.3 is 0 Å². The number of pyridine rings is 1. The van der Waals surface area contributed by atoms with Gasteiger partial charge in [-0.2, -0.15) is 0 Å². The lowest BCUT2D eigenvalue weighted by Gasteiger charge is -2.37. The summed E-state index contributed by atoms with van der Waals surface area (Å²) in [7, 11) is -2.17. The van der Waals surface area contributed by atoms with Crippen molar-refractivity contribution in [2.75, 3.05) is 13.1 Å². The summed E-state index contributed by atoms with van der Waals surface area (Å²) >= 11 is 13.4. The Morgan fingerprint density at radius 2 is 1.70 bits per heavy atom. The number of rotatable bonds is 14. The molecule has 2 fully saturated rings. The fraction of sp³-hybridized carbons (Fsp3) is 0.697. The van der Waals surface area contributed by atoms with Crippen molar-refractivity contribution in [2.45, 2.75) is 129 Å². The number of carbonyl (C=O) groups excluding carboxylic acids is 2. The van der Waals surface area contributed by atoms with Crippen molar-refractivity contribution < 1.29 is 18.8 Å². The van der Waals surface area contributed by atoms with E-state index in [0.717, 1.165) is 56.7 Å². The highest BCUT2D eigenvalue weighted by Gasteiger charge is 2.39. The molecule has 0 aromatic carbocycles. The molecule has 1 saturated heterocycles. The zero-order valence-corrected chi connectivity index (χ0v) is 30.1. The Morgan fingerprint density at radius 1 is 1.11 bits per heavy atom. The maximum atomic E-state index is 14.4. The smallest absolute Gasteiger partial charge is 0.257 e. The van der Waals surface area contributed by atoms with Gasteiger partial charge in [-0.05, 0) is 84.4 Å². The van der Waals surface area contributed by atoms with Crippen molar-refractivity contribution in [1.82, 2.24) is 9.88 Å². The van der Waals surface area contributed by atoms with Crippen LogP contribution in [0, 0.1) is 5.92 Å². The summed E-state index contributed by atoms with van der Waals surface area (Å²) in [6.45, 7) is 14.8. The monoisotopic (exact) mass is 666 g/mol. The van der Waals surface area contributed by atoms with E-state index < -0.39 is 14.4 Å². The molecule has 1 aliphatic carbocycles. The minimum Gasteiger partial charge on any atom is -0.408 e. The largest absolute Gasteiger partial charge is 0.408 e. The van der Waals surface area contributed by atoms with Gasteiger partial charge in [0.1, 0.15) is 5.78 Å². The molecule has 1 aliphatic heterocycles. The minimum atomic E-state index is -2.17. The summed E-state index contributed by atoms with van der Waals surface area (Å²) in [5.41, 5.74) is 7.48. The number of nitrogens with zero attached hydrogens (tertiary/aromatic N) is 3. The predicted molar refractivity (Wildman–Crippen MR) is 182 cm³/mol. The molecule has 2 aliphatic rings. The average Bonchev–Trinajstić information content (AvgIpc) is 3.33. The number of aromatic nitrogens is 1. The summed E-state index contributed by atoms with van der Waals surface area (Å²) in [5, 5.41) is 0.820. The van der Waals surface area contributed by atoms with Crippen molar-refractivity contribution in [3.05, 3.63) is 39.8 Å². The van der Waals surface area contributed by atoms with Crippen LogP contribution < -0.4 is 5.73 Å². The molecule has 246 valence electrons. The van der Waals surface area contributed by atoms with Crippen LogP contribution in [0.4, 0.5) is 0 Å². The van der Waals surface area contributed by atoms with E-state index >= 15 is 0 Å². The molecule has 1 saturated carbocycles. The number of Topliss-reactive ketones (excluding diaryl/α,β-unsaturated/α-hetero) is 1. The SMILES string of the molecule is CC[Si](CC)(CC)OC(CN(C[C@@H]1CCC(C)(C)O1)C(=O)C(=CN)C(C)=NC1CCC(C(C)=O)CC1)c1c(Cl)cncc1Cl. The summed E-state index contributed by atoms with van der Waals surface area (Å²) in [6, 6.07) is 2.83. The molecule has 1 aromatic rings. The van der Waals surface area contributed by atoms with Crippen molar-refractivity contribution >= 4 is 48.9 Å². The van der Waals surface area contributed by atoms with Gasteiger partial charge in [-0.3, -0.25) is 19.6 Å². The first-order valence-corrected chi connectivity index (χ1v) is 19.5. The zero-order chi connectivity index (χ0) is 32.7. The lowest BCUT2D eigenvalue weighted by Crippen LogP contribution is -2.46. The number of carbonyl (C=O) groups is 2. The van der Waals surface area contributed by atoms with Crippen LogP contribution >= 0.6 is 23.2 Å². The number of nitrogens with two attached hydrogens (primary N) is 1. The molecular weight excluding hydrogens is 615 g/mol. The van der Waals surface area contributed by atoms with E-state index in [9.17, 15) is 9.59 Å². The molecule has 2 N–H and O–H groups in total. The van der Waals surface area contributed by atoms with E-state index in [1.54, 1.807) is 24.2 Å². The third kappa shape index (κ3) is 9.38. The molecule has 8 nitrogen and oxygen atoms in total. The van der Waals surface area contributed by atoms with Gasteiger partial charge < -0.3 is 19.8 Å². The van der Waals surface area contributed by atoms with Crippen LogP contribution in [0.1, 0.15) is 98.7 Å². The Morgan fingerprint density at radius 3 is 2.18 bits per heavy atom. The van der Waals surface area contributed by atoms with Gasteiger partial charge in [0.15, 0.2) is 8.32 Å². The Labute approximate surface area is 275 Å². The fourth-order valence-corrected chi connectivity index (χ4v) is 9.99. The van der Waals surface area contributed by atoms with Crippen LogP contribution in [0.15, 0.2) is 29.2 Å². The van der Waals surface area contributed by atoms with E-state index in [2.05, 4.69) is 39.6 Å².